The maximum Gasteiger partial charge on any atom is 0.344 e. The number of hydrogen-bond acceptors (Lipinski definition) is 3. The SMILES string of the molecule is Cc1ccc(Cl)c(OCC(=O)OC(C)C)c1. The molecule has 1 aromatic rings. The maximum atomic E-state index is 11.2. The number of rotatable bonds is 4. The number of hydrogen-bond donors (Lipinski definition) is 0. The van der Waals surface area contributed by atoms with Crippen LogP contribution in [0.25, 0.3) is 0 Å². The quantitative estimate of drug-likeness (QED) is 0.762. The van der Waals surface area contributed by atoms with Crippen LogP contribution in [-0.4, -0.2) is 18.7 Å². The molecule has 3 nitrogen and oxygen atoms in total. The lowest BCUT2D eigenvalue weighted by Gasteiger charge is -2.10. The molecule has 0 amide bonds. The van der Waals surface area contributed by atoms with Crippen molar-refractivity contribution in [2.75, 3.05) is 6.61 Å². The fourth-order valence-corrected chi connectivity index (χ4v) is 1.33. The van der Waals surface area contributed by atoms with Crippen LogP contribution < -0.4 is 4.74 Å². The summed E-state index contributed by atoms with van der Waals surface area (Å²) < 4.78 is 10.2. The first-order valence-corrected chi connectivity index (χ1v) is 5.45. The van der Waals surface area contributed by atoms with Gasteiger partial charge in [0.25, 0.3) is 0 Å². The van der Waals surface area contributed by atoms with Gasteiger partial charge in [0, 0.05) is 0 Å². The van der Waals surface area contributed by atoms with E-state index in [1.165, 1.54) is 0 Å². The van der Waals surface area contributed by atoms with E-state index in [4.69, 9.17) is 21.1 Å². The van der Waals surface area contributed by atoms with Gasteiger partial charge in [-0.3, -0.25) is 0 Å². The molecular weight excluding hydrogens is 228 g/mol. The van der Waals surface area contributed by atoms with E-state index in [-0.39, 0.29) is 12.7 Å². The van der Waals surface area contributed by atoms with E-state index in [9.17, 15) is 4.79 Å². The van der Waals surface area contributed by atoms with E-state index in [1.807, 2.05) is 13.0 Å². The predicted octanol–water partition coefficient (Wildman–Crippen LogP) is 2.98. The molecule has 88 valence electrons. The maximum absolute atomic E-state index is 11.2. The average molecular weight is 243 g/mol. The molecule has 0 unspecified atom stereocenters. The van der Waals surface area contributed by atoms with Crippen LogP contribution in [0.1, 0.15) is 19.4 Å². The van der Waals surface area contributed by atoms with Crippen molar-refractivity contribution in [1.29, 1.82) is 0 Å². The van der Waals surface area contributed by atoms with Crippen LogP contribution in [0.5, 0.6) is 5.75 Å². The van der Waals surface area contributed by atoms with Crippen molar-refractivity contribution >= 4 is 17.6 Å². The number of aryl methyl sites for hydroxylation is 1. The highest BCUT2D eigenvalue weighted by atomic mass is 35.5. The van der Waals surface area contributed by atoms with Crippen LogP contribution in [0.15, 0.2) is 18.2 Å². The van der Waals surface area contributed by atoms with Gasteiger partial charge in [0.05, 0.1) is 11.1 Å². The summed E-state index contributed by atoms with van der Waals surface area (Å²) in [6.45, 7) is 5.38. The van der Waals surface area contributed by atoms with Crippen molar-refractivity contribution < 1.29 is 14.3 Å². The number of carbonyl (C=O) groups is 1. The Morgan fingerprint density at radius 3 is 2.75 bits per heavy atom. The zero-order chi connectivity index (χ0) is 12.1. The molecule has 0 radical (unpaired) electrons. The van der Waals surface area contributed by atoms with Crippen LogP contribution in [0, 0.1) is 6.92 Å². The van der Waals surface area contributed by atoms with Crippen LogP contribution in [0.2, 0.25) is 5.02 Å². The normalized spacial score (nSPS) is 10.3. The van der Waals surface area contributed by atoms with Crippen LogP contribution in [-0.2, 0) is 9.53 Å². The second-order valence-corrected chi connectivity index (χ2v) is 4.17. The zero-order valence-electron chi connectivity index (χ0n) is 9.62. The Balaban J connectivity index is 2.54. The fraction of sp³-hybridized carbons (Fsp3) is 0.417. The van der Waals surface area contributed by atoms with Crippen molar-refractivity contribution in [3.05, 3.63) is 28.8 Å². The van der Waals surface area contributed by atoms with Gasteiger partial charge >= 0.3 is 5.97 Å². The van der Waals surface area contributed by atoms with Crippen molar-refractivity contribution in [3.63, 3.8) is 0 Å². The Labute approximate surface area is 100 Å². The Hall–Kier alpha value is -1.22. The molecule has 0 aliphatic rings. The Kier molecular flexibility index (Phi) is 4.62. The van der Waals surface area contributed by atoms with Crippen LogP contribution in [0.3, 0.4) is 0 Å². The first kappa shape index (κ1) is 12.8. The molecule has 16 heavy (non-hydrogen) atoms. The van der Waals surface area contributed by atoms with Gasteiger partial charge in [0.1, 0.15) is 5.75 Å². The first-order chi connectivity index (χ1) is 7.49. The topological polar surface area (TPSA) is 35.5 Å². The zero-order valence-corrected chi connectivity index (χ0v) is 10.4. The number of halogens is 1. The van der Waals surface area contributed by atoms with E-state index in [0.29, 0.717) is 10.8 Å². The van der Waals surface area contributed by atoms with E-state index in [2.05, 4.69) is 0 Å². The van der Waals surface area contributed by atoms with E-state index in [0.717, 1.165) is 5.56 Å². The minimum Gasteiger partial charge on any atom is -0.480 e. The predicted molar refractivity (Wildman–Crippen MR) is 62.9 cm³/mol. The molecule has 0 atom stereocenters. The second kappa shape index (κ2) is 5.75. The van der Waals surface area contributed by atoms with Gasteiger partial charge in [-0.2, -0.15) is 0 Å². The molecule has 0 aliphatic heterocycles. The lowest BCUT2D eigenvalue weighted by Crippen LogP contribution is -2.18. The third-order valence-corrected chi connectivity index (χ3v) is 2.11. The Bertz CT molecular complexity index is 375. The van der Waals surface area contributed by atoms with Gasteiger partial charge in [-0.05, 0) is 38.5 Å². The molecule has 0 bridgehead atoms. The number of benzene rings is 1. The Morgan fingerprint density at radius 1 is 1.44 bits per heavy atom. The van der Waals surface area contributed by atoms with Crippen molar-refractivity contribution in [2.45, 2.75) is 26.9 Å². The number of carbonyl (C=O) groups excluding carboxylic acids is 1. The van der Waals surface area contributed by atoms with Crippen molar-refractivity contribution in [3.8, 4) is 5.75 Å². The van der Waals surface area contributed by atoms with Gasteiger partial charge in [-0.25, -0.2) is 4.79 Å². The van der Waals surface area contributed by atoms with Gasteiger partial charge < -0.3 is 9.47 Å². The Morgan fingerprint density at radius 2 is 2.12 bits per heavy atom. The summed E-state index contributed by atoms with van der Waals surface area (Å²) >= 11 is 5.91. The average Bonchev–Trinajstić information content (AvgIpc) is 2.18. The molecular formula is C12H15ClO3. The summed E-state index contributed by atoms with van der Waals surface area (Å²) in [5.41, 5.74) is 1.02. The summed E-state index contributed by atoms with van der Waals surface area (Å²) in [7, 11) is 0. The van der Waals surface area contributed by atoms with Gasteiger partial charge in [0.15, 0.2) is 6.61 Å². The number of ether oxygens (including phenoxy) is 2. The third-order valence-electron chi connectivity index (χ3n) is 1.80. The van der Waals surface area contributed by atoms with Gasteiger partial charge in [-0.1, -0.05) is 17.7 Å². The summed E-state index contributed by atoms with van der Waals surface area (Å²) in [5, 5.41) is 0.489. The van der Waals surface area contributed by atoms with Gasteiger partial charge in [-0.15, -0.1) is 0 Å². The smallest absolute Gasteiger partial charge is 0.344 e. The number of esters is 1. The molecule has 0 fully saturated rings. The lowest BCUT2D eigenvalue weighted by atomic mass is 10.2. The van der Waals surface area contributed by atoms with E-state index >= 15 is 0 Å². The lowest BCUT2D eigenvalue weighted by molar-refractivity contribution is -0.149. The standard InChI is InChI=1S/C12H15ClO3/c1-8(2)16-12(14)7-15-11-6-9(3)4-5-10(11)13/h4-6,8H,7H2,1-3H3. The van der Waals surface area contributed by atoms with Gasteiger partial charge in [0.2, 0.25) is 0 Å². The first-order valence-electron chi connectivity index (χ1n) is 5.07. The molecule has 0 saturated heterocycles. The third kappa shape index (κ3) is 4.11. The van der Waals surface area contributed by atoms with Crippen molar-refractivity contribution in [1.82, 2.24) is 0 Å². The molecule has 0 spiro atoms. The highest BCUT2D eigenvalue weighted by molar-refractivity contribution is 6.32. The minimum atomic E-state index is -0.396. The molecule has 4 heteroatoms. The molecule has 0 aromatic heterocycles. The van der Waals surface area contributed by atoms with Crippen LogP contribution >= 0.6 is 11.6 Å². The van der Waals surface area contributed by atoms with Crippen LogP contribution in [0.4, 0.5) is 0 Å². The summed E-state index contributed by atoms with van der Waals surface area (Å²) in [4.78, 5) is 11.2. The molecule has 0 heterocycles. The fourth-order valence-electron chi connectivity index (χ4n) is 1.15. The summed E-state index contributed by atoms with van der Waals surface area (Å²) in [6, 6.07) is 5.40. The summed E-state index contributed by atoms with van der Waals surface area (Å²) in [6.07, 6.45) is -0.135. The second-order valence-electron chi connectivity index (χ2n) is 3.76. The van der Waals surface area contributed by atoms with E-state index < -0.39 is 5.97 Å². The minimum absolute atomic E-state index is 0.124. The monoisotopic (exact) mass is 242 g/mol. The molecule has 0 aliphatic carbocycles. The summed E-state index contributed by atoms with van der Waals surface area (Å²) in [5.74, 6) is 0.106. The highest BCUT2D eigenvalue weighted by Crippen LogP contribution is 2.25. The largest absolute Gasteiger partial charge is 0.480 e. The van der Waals surface area contributed by atoms with E-state index in [1.54, 1.807) is 26.0 Å². The van der Waals surface area contributed by atoms with Crippen molar-refractivity contribution in [2.24, 2.45) is 0 Å². The molecule has 0 saturated carbocycles. The molecule has 1 aromatic carbocycles. The molecule has 0 N–H and O–H groups in total. The highest BCUT2D eigenvalue weighted by Gasteiger charge is 2.08. The molecule has 1 rings (SSSR count).